The van der Waals surface area contributed by atoms with Gasteiger partial charge < -0.3 is 29.5 Å². The van der Waals surface area contributed by atoms with E-state index in [-0.39, 0.29) is 47.4 Å². The van der Waals surface area contributed by atoms with Crippen LogP contribution in [0.1, 0.15) is 71.8 Å². The van der Waals surface area contributed by atoms with Gasteiger partial charge in [-0.15, -0.1) is 0 Å². The van der Waals surface area contributed by atoms with E-state index in [0.29, 0.717) is 59.3 Å². The van der Waals surface area contributed by atoms with Crippen molar-refractivity contribution in [3.63, 3.8) is 0 Å². The molecule has 2 fully saturated rings. The zero-order chi connectivity index (χ0) is 35.8. The van der Waals surface area contributed by atoms with E-state index in [0.717, 1.165) is 51.2 Å². The summed E-state index contributed by atoms with van der Waals surface area (Å²) in [6.45, 7) is 13.1. The smallest absolute Gasteiger partial charge is 0.319 e. The molecule has 50 heavy (non-hydrogen) atoms. The second kappa shape index (κ2) is 16.7. The van der Waals surface area contributed by atoms with Gasteiger partial charge in [0.15, 0.2) is 5.82 Å². The van der Waals surface area contributed by atoms with Crippen molar-refractivity contribution >= 4 is 34.0 Å². The van der Waals surface area contributed by atoms with Crippen molar-refractivity contribution < 1.29 is 33.3 Å². The molecule has 2 aromatic carbocycles. The number of pyridine rings is 1. The standard InChI is InChI=1S/C37H47F2N5O3.CH2O2/c1-5-8-15-44(23-46-7-3)35-29-20-40-33(28-19-26(45)18-25-9-10-30(38)27(6-2)31(25)28)32(39)34(29)41-36(42-35)47-22-37(13-14-37)21-43-16-11-24(4)12-17-43;2-1-3/h9-10,18-20,24,45H,5-8,11-17,21-23H2,1-4H3;1H,(H,2,3). The molecule has 0 spiro atoms. The molecular weight excluding hydrogens is 644 g/mol. The molecule has 1 saturated carbocycles. The minimum absolute atomic E-state index is 0.0165. The first-order chi connectivity index (χ1) is 24.2. The van der Waals surface area contributed by atoms with Gasteiger partial charge in [0.2, 0.25) is 0 Å². The lowest BCUT2D eigenvalue weighted by atomic mass is 9.94. The number of piperidine rings is 1. The molecule has 1 saturated heterocycles. The molecule has 2 aromatic heterocycles. The first-order valence-corrected chi connectivity index (χ1v) is 17.7. The van der Waals surface area contributed by atoms with Gasteiger partial charge in [-0.3, -0.25) is 9.78 Å². The number of hydrogen-bond donors (Lipinski definition) is 2. The highest BCUT2D eigenvalue weighted by molar-refractivity contribution is 6.01. The summed E-state index contributed by atoms with van der Waals surface area (Å²) in [6.07, 6.45) is 8.41. The van der Waals surface area contributed by atoms with Crippen LogP contribution < -0.4 is 9.64 Å². The van der Waals surface area contributed by atoms with Crippen LogP contribution in [0, 0.1) is 23.0 Å². The number of benzene rings is 2. The summed E-state index contributed by atoms with van der Waals surface area (Å²) in [5, 5.41) is 19.1. The molecule has 1 aliphatic carbocycles. The first-order valence-electron chi connectivity index (χ1n) is 17.7. The fourth-order valence-corrected chi connectivity index (χ4v) is 6.77. The van der Waals surface area contributed by atoms with Crippen molar-refractivity contribution in [3.05, 3.63) is 47.7 Å². The number of likely N-dealkylation sites (tertiary alicyclic amines) is 1. The van der Waals surface area contributed by atoms with Crippen molar-refractivity contribution in [2.45, 2.75) is 72.6 Å². The van der Waals surface area contributed by atoms with Crippen molar-refractivity contribution in [1.82, 2.24) is 19.9 Å². The van der Waals surface area contributed by atoms with Gasteiger partial charge in [-0.1, -0.05) is 33.3 Å². The number of unbranched alkanes of at least 4 members (excludes halogenated alkanes) is 1. The van der Waals surface area contributed by atoms with Crippen LogP contribution in [0.3, 0.4) is 0 Å². The van der Waals surface area contributed by atoms with Crippen LogP contribution in [0.4, 0.5) is 14.6 Å². The fourth-order valence-electron chi connectivity index (χ4n) is 6.77. The SMILES string of the molecule is CCCCN(COCC)c1nc(OCC2(CN3CCC(C)CC3)CC2)nc2c(F)c(-c3cc(O)cc4ccc(F)c(CC)c34)ncc12.O=CO. The largest absolute Gasteiger partial charge is 0.508 e. The van der Waals surface area contributed by atoms with E-state index in [1.165, 1.54) is 25.0 Å². The molecule has 1 aliphatic heterocycles. The third-order valence-corrected chi connectivity index (χ3v) is 9.84. The maximum absolute atomic E-state index is 16.9. The van der Waals surface area contributed by atoms with Gasteiger partial charge in [0, 0.05) is 36.9 Å². The molecule has 3 heterocycles. The van der Waals surface area contributed by atoms with Gasteiger partial charge in [-0.2, -0.15) is 9.97 Å². The fraction of sp³-hybridized carbons (Fsp3) is 0.526. The number of aromatic hydroxyl groups is 1. The number of aromatic nitrogens is 3. The van der Waals surface area contributed by atoms with Gasteiger partial charge >= 0.3 is 6.01 Å². The molecule has 2 N–H and O–H groups in total. The average Bonchev–Trinajstić information content (AvgIpc) is 3.88. The van der Waals surface area contributed by atoms with E-state index in [1.807, 2.05) is 18.7 Å². The predicted molar refractivity (Wildman–Crippen MR) is 191 cm³/mol. The lowest BCUT2D eigenvalue weighted by Gasteiger charge is -2.33. The van der Waals surface area contributed by atoms with Crippen molar-refractivity contribution in [3.8, 4) is 23.0 Å². The Morgan fingerprint density at radius 1 is 1.12 bits per heavy atom. The number of phenols is 1. The van der Waals surface area contributed by atoms with E-state index in [2.05, 4.69) is 28.7 Å². The van der Waals surface area contributed by atoms with Gasteiger partial charge in [0.05, 0.1) is 12.0 Å². The number of fused-ring (bicyclic) bond motifs is 2. The summed E-state index contributed by atoms with van der Waals surface area (Å²) < 4.78 is 44.0. The Kier molecular flexibility index (Phi) is 12.4. The van der Waals surface area contributed by atoms with Crippen LogP contribution >= 0.6 is 0 Å². The molecule has 12 heteroatoms. The Bertz CT molecular complexity index is 1770. The Balaban J connectivity index is 0.00000156. The van der Waals surface area contributed by atoms with E-state index in [1.54, 1.807) is 18.3 Å². The molecule has 0 atom stereocenters. The number of aryl methyl sites for hydroxylation is 1. The van der Waals surface area contributed by atoms with Gasteiger partial charge in [-0.25, -0.2) is 8.78 Å². The minimum Gasteiger partial charge on any atom is -0.508 e. The van der Waals surface area contributed by atoms with Crippen molar-refractivity contribution in [2.24, 2.45) is 11.3 Å². The van der Waals surface area contributed by atoms with Crippen molar-refractivity contribution in [2.75, 3.05) is 51.0 Å². The molecule has 0 radical (unpaired) electrons. The monoisotopic (exact) mass is 693 g/mol. The zero-order valence-electron chi connectivity index (χ0n) is 29.6. The van der Waals surface area contributed by atoms with E-state index in [9.17, 15) is 9.50 Å². The van der Waals surface area contributed by atoms with Crippen LogP contribution in [-0.4, -0.2) is 82.7 Å². The number of nitrogens with zero attached hydrogens (tertiary/aromatic N) is 5. The molecule has 2 aliphatic rings. The molecule has 0 amide bonds. The van der Waals surface area contributed by atoms with E-state index < -0.39 is 5.82 Å². The number of rotatable bonds is 14. The number of hydrogen-bond acceptors (Lipinski definition) is 9. The molecule has 4 aromatic rings. The minimum atomic E-state index is -0.676. The third-order valence-electron chi connectivity index (χ3n) is 9.84. The van der Waals surface area contributed by atoms with Crippen LogP contribution in [0.2, 0.25) is 0 Å². The highest BCUT2D eigenvalue weighted by Crippen LogP contribution is 2.47. The Labute approximate surface area is 292 Å². The normalized spacial score (nSPS) is 15.9. The van der Waals surface area contributed by atoms with Crippen LogP contribution in [0.25, 0.3) is 32.9 Å². The van der Waals surface area contributed by atoms with Gasteiger partial charge in [0.25, 0.3) is 6.47 Å². The molecule has 0 unspecified atom stereocenters. The van der Waals surface area contributed by atoms with E-state index in [4.69, 9.17) is 24.4 Å². The quantitative estimate of drug-likeness (QED) is 0.101. The molecular formula is C38H49F2N5O5. The van der Waals surface area contributed by atoms with Gasteiger partial charge in [0.1, 0.15) is 35.3 Å². The van der Waals surface area contributed by atoms with E-state index >= 15 is 4.39 Å². The lowest BCUT2D eigenvalue weighted by molar-refractivity contribution is -0.122. The summed E-state index contributed by atoms with van der Waals surface area (Å²) in [6, 6.07) is 6.08. The number of halogens is 2. The summed E-state index contributed by atoms with van der Waals surface area (Å²) in [5.41, 5.74) is 0.843. The third kappa shape index (κ3) is 8.40. The van der Waals surface area contributed by atoms with Crippen molar-refractivity contribution in [1.29, 1.82) is 0 Å². The summed E-state index contributed by atoms with van der Waals surface area (Å²) in [7, 11) is 0. The van der Waals surface area contributed by atoms with Gasteiger partial charge in [-0.05, 0) is 99.0 Å². The molecule has 10 nitrogen and oxygen atoms in total. The average molecular weight is 694 g/mol. The highest BCUT2D eigenvalue weighted by Gasteiger charge is 2.45. The number of carbonyl (C=O) groups is 1. The lowest BCUT2D eigenvalue weighted by Crippen LogP contribution is -2.39. The van der Waals surface area contributed by atoms with Crippen LogP contribution in [-0.2, 0) is 16.0 Å². The molecule has 270 valence electrons. The summed E-state index contributed by atoms with van der Waals surface area (Å²) in [5.74, 6) is 0.152. The number of anilines is 1. The molecule has 0 bridgehead atoms. The maximum Gasteiger partial charge on any atom is 0.319 e. The summed E-state index contributed by atoms with van der Waals surface area (Å²) in [4.78, 5) is 27.0. The Morgan fingerprint density at radius 3 is 2.52 bits per heavy atom. The summed E-state index contributed by atoms with van der Waals surface area (Å²) >= 11 is 0. The second-order valence-electron chi connectivity index (χ2n) is 13.6. The zero-order valence-corrected chi connectivity index (χ0v) is 29.6. The first kappa shape index (κ1) is 37.1. The predicted octanol–water partition coefficient (Wildman–Crippen LogP) is 7.58. The topological polar surface area (TPSA) is 121 Å². The molecule has 6 rings (SSSR count). The van der Waals surface area contributed by atoms with Crippen LogP contribution in [0.15, 0.2) is 30.5 Å². The number of ether oxygens (including phenoxy) is 2. The number of phenolic OH excluding ortho intramolecular Hbond substituents is 1. The van der Waals surface area contributed by atoms with Crippen LogP contribution in [0.5, 0.6) is 11.8 Å². The number of carboxylic acid groups (broad SMARTS) is 1. The highest BCUT2D eigenvalue weighted by atomic mass is 19.1. The maximum atomic E-state index is 16.9. The second-order valence-corrected chi connectivity index (χ2v) is 13.6. The Morgan fingerprint density at radius 2 is 1.86 bits per heavy atom. The Hall–Kier alpha value is -4.16.